The van der Waals surface area contributed by atoms with E-state index in [-0.39, 0.29) is 5.41 Å². The molecule has 2 fully saturated rings. The Labute approximate surface area is 74.5 Å². The van der Waals surface area contributed by atoms with Crippen molar-refractivity contribution < 1.29 is 4.79 Å². The molecule has 2 aliphatic carbocycles. The Bertz CT molecular complexity index is 229. The van der Waals surface area contributed by atoms with Gasteiger partial charge in [-0.1, -0.05) is 20.8 Å². The van der Waals surface area contributed by atoms with Crippen LogP contribution in [0, 0.1) is 16.7 Å². The zero-order valence-electron chi connectivity index (χ0n) is 8.31. The molecule has 2 saturated carbocycles. The Morgan fingerprint density at radius 3 is 2.42 bits per heavy atom. The second-order valence-electron chi connectivity index (χ2n) is 5.02. The van der Waals surface area contributed by atoms with Gasteiger partial charge in [-0.3, -0.25) is 4.79 Å². The fourth-order valence-corrected chi connectivity index (χ4v) is 3.60. The molecule has 0 saturated heterocycles. The van der Waals surface area contributed by atoms with Gasteiger partial charge in [-0.05, 0) is 30.6 Å². The molecule has 2 bridgehead atoms. The fraction of sp³-hybridized carbons (Fsp3) is 0.909. The van der Waals surface area contributed by atoms with Crippen molar-refractivity contribution in [2.24, 2.45) is 16.7 Å². The van der Waals surface area contributed by atoms with E-state index in [2.05, 4.69) is 20.8 Å². The second-order valence-corrected chi connectivity index (χ2v) is 5.02. The number of hydrogen-bond donors (Lipinski definition) is 0. The first-order valence-electron chi connectivity index (χ1n) is 5.08. The standard InChI is InChI=1S/C11H18O/c1-4-11-6-5-8(7-9(11)12)10(11,2)3/h8H,4-7H2,1-3H3/t8-,11?/m1/s1. The number of fused-ring (bicyclic) bond motifs is 2. The molecule has 0 aromatic rings. The van der Waals surface area contributed by atoms with Crippen molar-refractivity contribution in [1.82, 2.24) is 0 Å². The zero-order valence-corrected chi connectivity index (χ0v) is 8.31. The number of carbonyl (C=O) groups excluding carboxylic acids is 1. The molecule has 12 heavy (non-hydrogen) atoms. The smallest absolute Gasteiger partial charge is 0.139 e. The van der Waals surface area contributed by atoms with Gasteiger partial charge < -0.3 is 0 Å². The van der Waals surface area contributed by atoms with Crippen LogP contribution in [0.25, 0.3) is 0 Å². The Balaban J connectivity index is 2.46. The third-order valence-corrected chi connectivity index (χ3v) is 4.74. The highest BCUT2D eigenvalue weighted by molar-refractivity contribution is 5.89. The van der Waals surface area contributed by atoms with Crippen molar-refractivity contribution in [3.8, 4) is 0 Å². The highest BCUT2D eigenvalue weighted by atomic mass is 16.1. The molecule has 1 heteroatoms. The average molecular weight is 166 g/mol. The van der Waals surface area contributed by atoms with Gasteiger partial charge in [0.15, 0.2) is 0 Å². The quantitative estimate of drug-likeness (QED) is 0.585. The van der Waals surface area contributed by atoms with E-state index < -0.39 is 0 Å². The van der Waals surface area contributed by atoms with Crippen LogP contribution >= 0.6 is 0 Å². The van der Waals surface area contributed by atoms with Crippen molar-refractivity contribution in [2.45, 2.75) is 46.5 Å². The van der Waals surface area contributed by atoms with Gasteiger partial charge in [-0.15, -0.1) is 0 Å². The van der Waals surface area contributed by atoms with E-state index in [9.17, 15) is 4.79 Å². The summed E-state index contributed by atoms with van der Waals surface area (Å²) in [6.45, 7) is 6.76. The minimum atomic E-state index is 0.0671. The monoisotopic (exact) mass is 166 g/mol. The molecule has 0 radical (unpaired) electrons. The molecular formula is C11H18O. The van der Waals surface area contributed by atoms with E-state index >= 15 is 0 Å². The largest absolute Gasteiger partial charge is 0.299 e. The predicted molar refractivity (Wildman–Crippen MR) is 48.9 cm³/mol. The predicted octanol–water partition coefficient (Wildman–Crippen LogP) is 2.79. The third-order valence-electron chi connectivity index (χ3n) is 4.74. The number of Topliss-reactive ketones (excluding diaryl/α,β-unsaturated/α-hetero) is 1. The number of hydrogen-bond acceptors (Lipinski definition) is 1. The Morgan fingerprint density at radius 2 is 2.17 bits per heavy atom. The third kappa shape index (κ3) is 0.641. The van der Waals surface area contributed by atoms with Gasteiger partial charge in [0.25, 0.3) is 0 Å². The summed E-state index contributed by atoms with van der Waals surface area (Å²) < 4.78 is 0. The van der Waals surface area contributed by atoms with Crippen LogP contribution in [0.4, 0.5) is 0 Å². The van der Waals surface area contributed by atoms with Crippen molar-refractivity contribution in [3.63, 3.8) is 0 Å². The van der Waals surface area contributed by atoms with Crippen LogP contribution in [0.5, 0.6) is 0 Å². The number of rotatable bonds is 1. The van der Waals surface area contributed by atoms with Gasteiger partial charge >= 0.3 is 0 Å². The molecule has 1 nitrogen and oxygen atoms in total. The van der Waals surface area contributed by atoms with Gasteiger partial charge in [0.05, 0.1) is 0 Å². The van der Waals surface area contributed by atoms with E-state index in [1.54, 1.807) is 0 Å². The molecule has 0 heterocycles. The van der Waals surface area contributed by atoms with Crippen LogP contribution in [-0.2, 0) is 4.79 Å². The van der Waals surface area contributed by atoms with E-state index in [1.165, 1.54) is 6.42 Å². The van der Waals surface area contributed by atoms with Gasteiger partial charge in [-0.2, -0.15) is 0 Å². The van der Waals surface area contributed by atoms with Crippen LogP contribution in [0.15, 0.2) is 0 Å². The molecular weight excluding hydrogens is 148 g/mol. The molecule has 0 aliphatic heterocycles. The van der Waals surface area contributed by atoms with E-state index in [1.807, 2.05) is 0 Å². The van der Waals surface area contributed by atoms with Crippen molar-refractivity contribution >= 4 is 5.78 Å². The summed E-state index contributed by atoms with van der Waals surface area (Å²) in [6, 6.07) is 0. The van der Waals surface area contributed by atoms with Crippen molar-refractivity contribution in [1.29, 1.82) is 0 Å². The Kier molecular flexibility index (Phi) is 1.47. The normalized spacial score (nSPS) is 43.9. The van der Waals surface area contributed by atoms with Gasteiger partial charge in [0.1, 0.15) is 5.78 Å². The lowest BCUT2D eigenvalue weighted by Gasteiger charge is -2.35. The van der Waals surface area contributed by atoms with Crippen LogP contribution in [0.2, 0.25) is 0 Å². The van der Waals surface area contributed by atoms with Crippen molar-refractivity contribution in [3.05, 3.63) is 0 Å². The average Bonchev–Trinajstić information content (AvgIpc) is 2.36. The molecule has 2 aliphatic rings. The minimum Gasteiger partial charge on any atom is -0.299 e. The molecule has 0 amide bonds. The van der Waals surface area contributed by atoms with E-state index in [0.717, 1.165) is 19.3 Å². The summed E-state index contributed by atoms with van der Waals surface area (Å²) in [4.78, 5) is 11.8. The first kappa shape index (κ1) is 8.28. The maximum Gasteiger partial charge on any atom is 0.139 e. The van der Waals surface area contributed by atoms with Crippen LogP contribution in [0.3, 0.4) is 0 Å². The fourth-order valence-electron chi connectivity index (χ4n) is 3.60. The highest BCUT2D eigenvalue weighted by Crippen LogP contribution is 2.65. The lowest BCUT2D eigenvalue weighted by atomic mass is 9.67. The Morgan fingerprint density at radius 1 is 1.50 bits per heavy atom. The summed E-state index contributed by atoms with van der Waals surface area (Å²) >= 11 is 0. The Hall–Kier alpha value is -0.330. The highest BCUT2D eigenvalue weighted by Gasteiger charge is 2.62. The lowest BCUT2D eigenvalue weighted by molar-refractivity contribution is -0.129. The molecule has 0 N–H and O–H groups in total. The van der Waals surface area contributed by atoms with Gasteiger partial charge in [-0.25, -0.2) is 0 Å². The second kappa shape index (κ2) is 2.12. The first-order chi connectivity index (χ1) is 5.54. The molecule has 2 atom stereocenters. The summed E-state index contributed by atoms with van der Waals surface area (Å²) in [5, 5.41) is 0. The van der Waals surface area contributed by atoms with Crippen LogP contribution in [0.1, 0.15) is 46.5 Å². The molecule has 2 rings (SSSR count). The first-order valence-corrected chi connectivity index (χ1v) is 5.08. The zero-order chi connectivity index (χ0) is 8.98. The van der Waals surface area contributed by atoms with Gasteiger partial charge in [0.2, 0.25) is 0 Å². The van der Waals surface area contributed by atoms with Crippen LogP contribution in [-0.4, -0.2) is 5.78 Å². The number of ketones is 1. The van der Waals surface area contributed by atoms with Crippen molar-refractivity contribution in [2.75, 3.05) is 0 Å². The SMILES string of the molecule is CCC12CC[C@H](CC1=O)C2(C)C. The lowest BCUT2D eigenvalue weighted by Crippen LogP contribution is -2.34. The summed E-state index contributed by atoms with van der Waals surface area (Å²) in [7, 11) is 0. The molecule has 68 valence electrons. The molecule has 0 aromatic carbocycles. The summed E-state index contributed by atoms with van der Waals surface area (Å²) in [6.07, 6.45) is 4.35. The molecule has 1 unspecified atom stereocenters. The summed E-state index contributed by atoms with van der Waals surface area (Å²) in [5.74, 6) is 1.23. The van der Waals surface area contributed by atoms with Gasteiger partial charge in [0, 0.05) is 11.8 Å². The maximum absolute atomic E-state index is 11.8. The maximum atomic E-state index is 11.8. The molecule has 0 aromatic heterocycles. The van der Waals surface area contributed by atoms with E-state index in [4.69, 9.17) is 0 Å². The topological polar surface area (TPSA) is 17.1 Å². The summed E-state index contributed by atoms with van der Waals surface area (Å²) in [5.41, 5.74) is 0.358. The van der Waals surface area contributed by atoms with Crippen LogP contribution < -0.4 is 0 Å². The molecule has 0 spiro atoms. The number of carbonyl (C=O) groups is 1. The van der Waals surface area contributed by atoms with E-state index in [0.29, 0.717) is 17.1 Å². The minimum absolute atomic E-state index is 0.0671.